The summed E-state index contributed by atoms with van der Waals surface area (Å²) in [4.78, 5) is 12.3. The van der Waals surface area contributed by atoms with Gasteiger partial charge in [-0.3, -0.25) is 9.36 Å². The van der Waals surface area contributed by atoms with Crippen LogP contribution in [-0.2, 0) is 24.1 Å². The number of hydrogen-bond donors (Lipinski definition) is 1. The third kappa shape index (κ3) is 6.75. The molecule has 0 radical (unpaired) electrons. The Morgan fingerprint density at radius 2 is 1.91 bits per heavy atom. The second kappa shape index (κ2) is 10.9. The van der Waals surface area contributed by atoms with Crippen molar-refractivity contribution in [1.29, 1.82) is 0 Å². The van der Waals surface area contributed by atoms with Crippen molar-refractivity contribution in [2.45, 2.75) is 24.5 Å². The monoisotopic (exact) mass is 478 g/mol. The summed E-state index contributed by atoms with van der Waals surface area (Å²) in [5, 5.41) is 11.1. The van der Waals surface area contributed by atoms with Crippen LogP contribution in [0.15, 0.2) is 66.3 Å². The highest BCUT2D eigenvalue weighted by Crippen LogP contribution is 2.30. The van der Waals surface area contributed by atoms with Crippen LogP contribution in [0.5, 0.6) is 11.5 Å². The normalized spacial score (nSPS) is 11.2. The molecular weight excluding hydrogens is 457 g/mol. The molecule has 3 aromatic rings. The van der Waals surface area contributed by atoms with E-state index in [0.29, 0.717) is 29.0 Å². The highest BCUT2D eigenvalue weighted by atomic mass is 32.2. The molecule has 174 valence electrons. The van der Waals surface area contributed by atoms with Crippen LogP contribution >= 0.6 is 11.8 Å². The number of hydrogen-bond acceptors (Lipinski definition) is 6. The van der Waals surface area contributed by atoms with Crippen LogP contribution in [-0.4, -0.2) is 33.5 Å². The van der Waals surface area contributed by atoms with Crippen LogP contribution in [0.2, 0.25) is 0 Å². The SMILES string of the molecule is C=CCn1c(COc2ccc(OC)cc2)nnc1SCC(=O)Nc1cccc(C(F)(F)F)c1. The van der Waals surface area contributed by atoms with Gasteiger partial charge >= 0.3 is 6.18 Å². The van der Waals surface area contributed by atoms with E-state index in [1.807, 2.05) is 0 Å². The van der Waals surface area contributed by atoms with Crippen LogP contribution in [0, 0.1) is 0 Å². The Labute approximate surface area is 192 Å². The third-order valence-corrected chi connectivity index (χ3v) is 5.31. The Balaban J connectivity index is 1.60. The number of rotatable bonds is 10. The first-order chi connectivity index (χ1) is 15.8. The number of halogens is 3. The van der Waals surface area contributed by atoms with Crippen molar-refractivity contribution in [2.75, 3.05) is 18.2 Å². The number of ether oxygens (including phenoxy) is 2. The molecule has 33 heavy (non-hydrogen) atoms. The number of amides is 1. The lowest BCUT2D eigenvalue weighted by atomic mass is 10.2. The highest BCUT2D eigenvalue weighted by molar-refractivity contribution is 7.99. The van der Waals surface area contributed by atoms with Gasteiger partial charge in [-0.05, 0) is 42.5 Å². The van der Waals surface area contributed by atoms with Crippen molar-refractivity contribution in [2.24, 2.45) is 0 Å². The van der Waals surface area contributed by atoms with E-state index in [2.05, 4.69) is 22.1 Å². The predicted molar refractivity (Wildman–Crippen MR) is 118 cm³/mol. The lowest BCUT2D eigenvalue weighted by molar-refractivity contribution is -0.137. The molecule has 0 aliphatic carbocycles. The lowest BCUT2D eigenvalue weighted by Crippen LogP contribution is -2.15. The first kappa shape index (κ1) is 24.2. The number of carbonyl (C=O) groups is 1. The van der Waals surface area contributed by atoms with Crippen LogP contribution in [0.25, 0.3) is 0 Å². The molecular formula is C22H21F3N4O3S. The summed E-state index contributed by atoms with van der Waals surface area (Å²) in [6.07, 6.45) is -2.83. The largest absolute Gasteiger partial charge is 0.497 e. The molecule has 0 aliphatic heterocycles. The van der Waals surface area contributed by atoms with Gasteiger partial charge < -0.3 is 14.8 Å². The van der Waals surface area contributed by atoms with Crippen LogP contribution < -0.4 is 14.8 Å². The molecule has 0 bridgehead atoms. The highest BCUT2D eigenvalue weighted by Gasteiger charge is 2.30. The van der Waals surface area contributed by atoms with Crippen LogP contribution in [0.1, 0.15) is 11.4 Å². The summed E-state index contributed by atoms with van der Waals surface area (Å²) < 4.78 is 51.1. The fraction of sp³-hybridized carbons (Fsp3) is 0.227. The number of benzene rings is 2. The first-order valence-corrected chi connectivity index (χ1v) is 10.7. The Hall–Kier alpha value is -3.47. The number of nitrogens with one attached hydrogen (secondary N) is 1. The van der Waals surface area contributed by atoms with Gasteiger partial charge in [0.05, 0.1) is 18.4 Å². The number of allylic oxidation sites excluding steroid dienone is 1. The van der Waals surface area contributed by atoms with E-state index < -0.39 is 17.6 Å². The number of thioether (sulfide) groups is 1. The number of methoxy groups -OCH3 is 1. The summed E-state index contributed by atoms with van der Waals surface area (Å²) in [6, 6.07) is 11.5. The average molecular weight is 478 g/mol. The molecule has 0 spiro atoms. The van der Waals surface area contributed by atoms with E-state index in [-0.39, 0.29) is 18.0 Å². The number of aromatic nitrogens is 3. The Morgan fingerprint density at radius 1 is 1.18 bits per heavy atom. The molecule has 7 nitrogen and oxygen atoms in total. The van der Waals surface area contributed by atoms with E-state index in [0.717, 1.165) is 23.9 Å². The van der Waals surface area contributed by atoms with E-state index in [1.165, 1.54) is 12.1 Å². The molecule has 0 fully saturated rings. The standard InChI is InChI=1S/C22H21F3N4O3S/c1-3-11-29-19(13-32-18-9-7-17(31-2)8-10-18)27-28-21(29)33-14-20(30)26-16-6-4-5-15(12-16)22(23,24)25/h3-10,12H,1,11,13-14H2,2H3,(H,26,30). The van der Waals surface area contributed by atoms with Crippen molar-refractivity contribution in [3.05, 3.63) is 72.6 Å². The van der Waals surface area contributed by atoms with Crippen molar-refractivity contribution in [1.82, 2.24) is 14.8 Å². The Bertz CT molecular complexity index is 1100. The van der Waals surface area contributed by atoms with Gasteiger partial charge in [-0.1, -0.05) is 23.9 Å². The van der Waals surface area contributed by atoms with Crippen molar-refractivity contribution >= 4 is 23.4 Å². The maximum atomic E-state index is 12.8. The summed E-state index contributed by atoms with van der Waals surface area (Å²) in [5.74, 6) is 1.33. The minimum atomic E-state index is -4.49. The van der Waals surface area contributed by atoms with Crippen molar-refractivity contribution in [3.8, 4) is 11.5 Å². The molecule has 1 amide bonds. The Kier molecular flexibility index (Phi) is 7.99. The second-order valence-corrected chi connectivity index (χ2v) is 7.62. The smallest absolute Gasteiger partial charge is 0.416 e. The quantitative estimate of drug-likeness (QED) is 0.333. The van der Waals surface area contributed by atoms with Gasteiger partial charge in [0.1, 0.15) is 18.1 Å². The van der Waals surface area contributed by atoms with Gasteiger partial charge in [0.2, 0.25) is 5.91 Å². The fourth-order valence-electron chi connectivity index (χ4n) is 2.77. The van der Waals surface area contributed by atoms with E-state index in [9.17, 15) is 18.0 Å². The van der Waals surface area contributed by atoms with Gasteiger partial charge in [-0.2, -0.15) is 13.2 Å². The summed E-state index contributed by atoms with van der Waals surface area (Å²) >= 11 is 1.11. The predicted octanol–water partition coefficient (Wildman–Crippen LogP) is 4.80. The number of carbonyl (C=O) groups excluding carboxylic acids is 1. The summed E-state index contributed by atoms with van der Waals surface area (Å²) in [6.45, 7) is 4.26. The molecule has 0 saturated heterocycles. The molecule has 3 rings (SSSR count). The molecule has 0 atom stereocenters. The van der Waals surface area contributed by atoms with Gasteiger partial charge in [-0.25, -0.2) is 0 Å². The lowest BCUT2D eigenvalue weighted by Gasteiger charge is -2.11. The first-order valence-electron chi connectivity index (χ1n) is 9.70. The molecule has 11 heteroatoms. The number of alkyl halides is 3. The fourth-order valence-corrected chi connectivity index (χ4v) is 3.53. The molecule has 1 aromatic heterocycles. The minimum absolute atomic E-state index is 0.0646. The summed E-state index contributed by atoms with van der Waals surface area (Å²) in [5.41, 5.74) is -0.767. The van der Waals surface area contributed by atoms with E-state index >= 15 is 0 Å². The third-order valence-electron chi connectivity index (χ3n) is 4.34. The molecule has 2 aromatic carbocycles. The maximum Gasteiger partial charge on any atom is 0.416 e. The maximum absolute atomic E-state index is 12.8. The van der Waals surface area contributed by atoms with Crippen molar-refractivity contribution < 1.29 is 27.4 Å². The zero-order valence-corrected chi connectivity index (χ0v) is 18.4. The minimum Gasteiger partial charge on any atom is -0.497 e. The molecule has 1 heterocycles. The topological polar surface area (TPSA) is 78.3 Å². The van der Waals surface area contributed by atoms with E-state index in [1.54, 1.807) is 42.0 Å². The van der Waals surface area contributed by atoms with Gasteiger partial charge in [0.25, 0.3) is 0 Å². The zero-order valence-electron chi connectivity index (χ0n) is 17.6. The van der Waals surface area contributed by atoms with Gasteiger partial charge in [0.15, 0.2) is 11.0 Å². The number of anilines is 1. The van der Waals surface area contributed by atoms with Gasteiger partial charge in [0, 0.05) is 12.2 Å². The molecule has 0 unspecified atom stereocenters. The van der Waals surface area contributed by atoms with Crippen LogP contribution in [0.4, 0.5) is 18.9 Å². The van der Waals surface area contributed by atoms with Gasteiger partial charge in [-0.15, -0.1) is 16.8 Å². The van der Waals surface area contributed by atoms with Crippen molar-refractivity contribution in [3.63, 3.8) is 0 Å². The molecule has 1 N–H and O–H groups in total. The summed E-state index contributed by atoms with van der Waals surface area (Å²) in [7, 11) is 1.58. The molecule has 0 aliphatic rings. The Morgan fingerprint density at radius 3 is 2.58 bits per heavy atom. The second-order valence-electron chi connectivity index (χ2n) is 6.68. The van der Waals surface area contributed by atoms with Crippen LogP contribution in [0.3, 0.4) is 0 Å². The molecule has 0 saturated carbocycles. The number of nitrogens with zero attached hydrogens (tertiary/aromatic N) is 3. The average Bonchev–Trinajstić information content (AvgIpc) is 3.18. The zero-order chi connectivity index (χ0) is 23.8. The van der Waals surface area contributed by atoms with E-state index in [4.69, 9.17) is 9.47 Å².